The molecule has 0 aromatic heterocycles. The van der Waals surface area contributed by atoms with Gasteiger partial charge in [-0.1, -0.05) is 17.7 Å². The van der Waals surface area contributed by atoms with E-state index in [1.165, 1.54) is 12.1 Å². The monoisotopic (exact) mass is 273 g/mol. The highest BCUT2D eigenvalue weighted by atomic mass is 16.6. The van der Waals surface area contributed by atoms with Crippen LogP contribution in [0.3, 0.4) is 0 Å². The molecule has 20 heavy (non-hydrogen) atoms. The minimum absolute atomic E-state index is 0.00357. The first-order valence-electron chi connectivity index (χ1n) is 5.73. The first-order valence-corrected chi connectivity index (χ1v) is 5.73. The maximum absolute atomic E-state index is 11.0. The summed E-state index contributed by atoms with van der Waals surface area (Å²) in [7, 11) is 0. The van der Waals surface area contributed by atoms with Crippen LogP contribution in [0.5, 0.6) is 11.5 Å². The van der Waals surface area contributed by atoms with Crippen LogP contribution < -0.4 is 4.74 Å². The molecule has 1 N–H and O–H groups in total. The molecule has 0 fully saturated rings. The van der Waals surface area contributed by atoms with Crippen LogP contribution in [0.4, 0.5) is 5.69 Å². The minimum Gasteiger partial charge on any atom is -0.478 e. The average Bonchev–Trinajstić information content (AvgIpc) is 2.41. The number of nitrogens with zero attached hydrogens (tertiary/aromatic N) is 1. The van der Waals surface area contributed by atoms with Gasteiger partial charge in [-0.15, -0.1) is 0 Å². The molecule has 0 amide bonds. The Labute approximate surface area is 114 Å². The van der Waals surface area contributed by atoms with Gasteiger partial charge in [0, 0.05) is 6.07 Å². The Morgan fingerprint density at radius 2 is 1.85 bits per heavy atom. The quantitative estimate of drug-likeness (QED) is 0.681. The lowest BCUT2D eigenvalue weighted by Gasteiger charge is -2.07. The first-order chi connectivity index (χ1) is 9.47. The highest BCUT2D eigenvalue weighted by Crippen LogP contribution is 2.32. The molecule has 6 nitrogen and oxygen atoms in total. The Balaban J connectivity index is 2.38. The van der Waals surface area contributed by atoms with Crippen molar-refractivity contribution in [3.05, 3.63) is 63.7 Å². The largest absolute Gasteiger partial charge is 0.478 e. The van der Waals surface area contributed by atoms with Crippen molar-refractivity contribution in [2.24, 2.45) is 0 Å². The summed E-state index contributed by atoms with van der Waals surface area (Å²) in [6, 6.07) is 10.5. The summed E-state index contributed by atoms with van der Waals surface area (Å²) in [4.78, 5) is 21.1. The molecule has 0 aliphatic heterocycles. The van der Waals surface area contributed by atoms with Gasteiger partial charge in [-0.25, -0.2) is 4.79 Å². The van der Waals surface area contributed by atoms with E-state index >= 15 is 0 Å². The van der Waals surface area contributed by atoms with Gasteiger partial charge in [0.05, 0.1) is 10.5 Å². The number of ether oxygens (including phenoxy) is 1. The van der Waals surface area contributed by atoms with E-state index in [1.807, 2.05) is 19.1 Å². The average molecular weight is 273 g/mol. The third-order valence-electron chi connectivity index (χ3n) is 2.65. The SMILES string of the molecule is Cc1ccc(Oc2ccc(C(=O)O)cc2[N+](=O)[O-])cc1. The topological polar surface area (TPSA) is 89.7 Å². The summed E-state index contributed by atoms with van der Waals surface area (Å²) in [5.41, 5.74) is 0.492. The van der Waals surface area contributed by atoms with Gasteiger partial charge in [0.2, 0.25) is 5.75 Å². The van der Waals surface area contributed by atoms with E-state index < -0.39 is 10.9 Å². The van der Waals surface area contributed by atoms with Gasteiger partial charge in [0.1, 0.15) is 5.75 Å². The molecule has 6 heteroatoms. The van der Waals surface area contributed by atoms with E-state index in [4.69, 9.17) is 9.84 Å². The lowest BCUT2D eigenvalue weighted by molar-refractivity contribution is -0.385. The molecule has 0 bridgehead atoms. The number of aromatic carboxylic acids is 1. The zero-order valence-electron chi connectivity index (χ0n) is 10.6. The van der Waals surface area contributed by atoms with Crippen molar-refractivity contribution < 1.29 is 19.6 Å². The molecule has 0 saturated heterocycles. The van der Waals surface area contributed by atoms with Crippen molar-refractivity contribution in [1.82, 2.24) is 0 Å². The minimum atomic E-state index is -1.23. The number of carboxylic acid groups (broad SMARTS) is 1. The molecule has 2 aromatic carbocycles. The maximum atomic E-state index is 11.0. The van der Waals surface area contributed by atoms with Crippen molar-refractivity contribution in [2.75, 3.05) is 0 Å². The van der Waals surface area contributed by atoms with Gasteiger partial charge < -0.3 is 9.84 Å². The highest BCUT2D eigenvalue weighted by molar-refractivity contribution is 5.88. The predicted molar refractivity (Wildman–Crippen MR) is 71.3 cm³/mol. The van der Waals surface area contributed by atoms with Gasteiger partial charge in [-0.3, -0.25) is 10.1 Å². The summed E-state index contributed by atoms with van der Waals surface area (Å²) < 4.78 is 5.43. The molecule has 0 unspecified atom stereocenters. The Hall–Kier alpha value is -2.89. The van der Waals surface area contributed by atoms with E-state index in [-0.39, 0.29) is 17.0 Å². The van der Waals surface area contributed by atoms with E-state index in [9.17, 15) is 14.9 Å². The normalized spacial score (nSPS) is 10.1. The standard InChI is InChI=1S/C14H11NO5/c1-9-2-5-11(6-3-9)20-13-7-4-10(14(16)17)8-12(13)15(18)19/h2-8H,1H3,(H,16,17). The number of hydrogen-bond donors (Lipinski definition) is 1. The maximum Gasteiger partial charge on any atom is 0.335 e. The van der Waals surface area contributed by atoms with Crippen LogP contribution in [0.2, 0.25) is 0 Å². The molecule has 0 aliphatic rings. The van der Waals surface area contributed by atoms with Gasteiger partial charge in [0.15, 0.2) is 0 Å². The van der Waals surface area contributed by atoms with E-state index in [1.54, 1.807) is 12.1 Å². The van der Waals surface area contributed by atoms with Crippen molar-refractivity contribution in [3.8, 4) is 11.5 Å². The van der Waals surface area contributed by atoms with Gasteiger partial charge in [0.25, 0.3) is 0 Å². The Bertz CT molecular complexity index is 664. The van der Waals surface area contributed by atoms with E-state index in [0.717, 1.165) is 11.6 Å². The molecular formula is C14H11NO5. The van der Waals surface area contributed by atoms with Crippen molar-refractivity contribution in [3.63, 3.8) is 0 Å². The van der Waals surface area contributed by atoms with E-state index in [0.29, 0.717) is 5.75 Å². The predicted octanol–water partition coefficient (Wildman–Crippen LogP) is 3.39. The van der Waals surface area contributed by atoms with Crippen LogP contribution in [0.1, 0.15) is 15.9 Å². The summed E-state index contributed by atoms with van der Waals surface area (Å²) >= 11 is 0. The summed E-state index contributed by atoms with van der Waals surface area (Å²) in [5.74, 6) is -0.777. The van der Waals surface area contributed by atoms with Crippen LogP contribution in [0.25, 0.3) is 0 Å². The van der Waals surface area contributed by atoms with Crippen LogP contribution in [-0.4, -0.2) is 16.0 Å². The molecule has 0 atom stereocenters. The number of nitro benzene ring substituents is 1. The Morgan fingerprint density at radius 1 is 1.20 bits per heavy atom. The molecular weight excluding hydrogens is 262 g/mol. The van der Waals surface area contributed by atoms with Crippen molar-refractivity contribution >= 4 is 11.7 Å². The molecule has 0 spiro atoms. The van der Waals surface area contributed by atoms with E-state index in [2.05, 4.69) is 0 Å². The molecule has 0 saturated carbocycles. The lowest BCUT2D eigenvalue weighted by Crippen LogP contribution is -2.00. The molecule has 0 heterocycles. The fraction of sp³-hybridized carbons (Fsp3) is 0.0714. The second-order valence-corrected chi connectivity index (χ2v) is 4.16. The number of carboxylic acids is 1. The van der Waals surface area contributed by atoms with Crippen molar-refractivity contribution in [2.45, 2.75) is 6.92 Å². The number of aryl methyl sites for hydroxylation is 1. The number of benzene rings is 2. The second kappa shape index (κ2) is 5.40. The fourth-order valence-corrected chi connectivity index (χ4v) is 1.61. The third-order valence-corrected chi connectivity index (χ3v) is 2.65. The fourth-order valence-electron chi connectivity index (χ4n) is 1.61. The zero-order valence-corrected chi connectivity index (χ0v) is 10.6. The molecule has 0 aliphatic carbocycles. The van der Waals surface area contributed by atoms with Gasteiger partial charge in [-0.05, 0) is 31.2 Å². The first kappa shape index (κ1) is 13.5. The van der Waals surface area contributed by atoms with Crippen LogP contribution >= 0.6 is 0 Å². The molecule has 2 aromatic rings. The number of carbonyl (C=O) groups is 1. The molecule has 0 radical (unpaired) electrons. The van der Waals surface area contributed by atoms with Gasteiger partial charge >= 0.3 is 11.7 Å². The molecule has 102 valence electrons. The highest BCUT2D eigenvalue weighted by Gasteiger charge is 2.19. The Morgan fingerprint density at radius 3 is 2.40 bits per heavy atom. The number of rotatable bonds is 4. The molecule has 2 rings (SSSR count). The van der Waals surface area contributed by atoms with Crippen LogP contribution in [0, 0.1) is 17.0 Å². The third kappa shape index (κ3) is 2.92. The summed E-state index contributed by atoms with van der Waals surface area (Å²) in [6.45, 7) is 1.91. The Kier molecular flexibility index (Phi) is 3.65. The van der Waals surface area contributed by atoms with Crippen LogP contribution in [0.15, 0.2) is 42.5 Å². The number of nitro groups is 1. The summed E-state index contributed by atoms with van der Waals surface area (Å²) in [5, 5.41) is 19.8. The lowest BCUT2D eigenvalue weighted by atomic mass is 10.2. The number of hydrogen-bond acceptors (Lipinski definition) is 4. The van der Waals surface area contributed by atoms with Gasteiger partial charge in [-0.2, -0.15) is 0 Å². The second-order valence-electron chi connectivity index (χ2n) is 4.16. The smallest absolute Gasteiger partial charge is 0.335 e. The zero-order chi connectivity index (χ0) is 14.7. The van der Waals surface area contributed by atoms with Crippen LogP contribution in [-0.2, 0) is 0 Å². The summed E-state index contributed by atoms with van der Waals surface area (Å²) in [6.07, 6.45) is 0. The van der Waals surface area contributed by atoms with Crippen molar-refractivity contribution in [1.29, 1.82) is 0 Å².